The van der Waals surface area contributed by atoms with E-state index in [-0.39, 0.29) is 17.2 Å². The zero-order chi connectivity index (χ0) is 17.7. The third-order valence-corrected chi connectivity index (χ3v) is 4.88. The molecule has 0 amide bonds. The molecule has 3 heteroatoms. The smallest absolute Gasteiger partial charge is 0.160 e. The lowest BCUT2D eigenvalue weighted by Crippen LogP contribution is -2.44. The van der Waals surface area contributed by atoms with E-state index < -0.39 is 0 Å². The summed E-state index contributed by atoms with van der Waals surface area (Å²) in [7, 11) is 1.92. The summed E-state index contributed by atoms with van der Waals surface area (Å²) < 4.78 is 0. The fraction of sp³-hybridized carbons (Fsp3) is 0.571. The summed E-state index contributed by atoms with van der Waals surface area (Å²) in [4.78, 5) is 12.8. The van der Waals surface area contributed by atoms with E-state index in [1.807, 2.05) is 13.1 Å². The summed E-state index contributed by atoms with van der Waals surface area (Å²) in [6.07, 6.45) is 6.97. The molecule has 1 aromatic carbocycles. The monoisotopic (exact) mass is 328 g/mol. The molecule has 1 unspecified atom stereocenters. The van der Waals surface area contributed by atoms with Crippen molar-refractivity contribution in [2.24, 2.45) is 5.92 Å². The van der Waals surface area contributed by atoms with E-state index in [4.69, 9.17) is 0 Å². The molecule has 2 rings (SSSR count). The standard InChI is InChI=1S/C21H32N2O/c1-6-8-9-15(7-2)20(24)13-19-18-12-17(22-5)11-10-16(18)14-21(3,4)23-19/h10-13,15,22-23H,6-9,14H2,1-5H3/b19-13-. The lowest BCUT2D eigenvalue weighted by Gasteiger charge is -2.36. The molecule has 1 heterocycles. The van der Waals surface area contributed by atoms with Crippen LogP contribution in [0.3, 0.4) is 0 Å². The maximum absolute atomic E-state index is 12.8. The molecule has 0 saturated heterocycles. The summed E-state index contributed by atoms with van der Waals surface area (Å²) in [5, 5.41) is 6.77. The first-order valence-corrected chi connectivity index (χ1v) is 9.25. The Morgan fingerprint density at radius 3 is 2.75 bits per heavy atom. The minimum absolute atomic E-state index is 0.0363. The van der Waals surface area contributed by atoms with E-state index in [1.165, 1.54) is 5.56 Å². The van der Waals surface area contributed by atoms with E-state index in [1.54, 1.807) is 0 Å². The minimum atomic E-state index is -0.0363. The Morgan fingerprint density at radius 2 is 2.12 bits per heavy atom. The number of allylic oxidation sites excluding steroid dienone is 1. The molecular weight excluding hydrogens is 296 g/mol. The molecular formula is C21H32N2O. The fourth-order valence-electron chi connectivity index (χ4n) is 3.46. The largest absolute Gasteiger partial charge is 0.388 e. The van der Waals surface area contributed by atoms with Gasteiger partial charge in [0.1, 0.15) is 0 Å². The number of rotatable bonds is 7. The van der Waals surface area contributed by atoms with Gasteiger partial charge in [0.25, 0.3) is 0 Å². The third kappa shape index (κ3) is 4.40. The number of ketones is 1. The predicted octanol–water partition coefficient (Wildman–Crippen LogP) is 4.78. The van der Waals surface area contributed by atoms with E-state index in [2.05, 4.69) is 56.5 Å². The summed E-state index contributed by atoms with van der Waals surface area (Å²) in [6, 6.07) is 6.43. The molecule has 0 radical (unpaired) electrons. The number of carbonyl (C=O) groups is 1. The van der Waals surface area contributed by atoms with Crippen molar-refractivity contribution in [1.82, 2.24) is 5.32 Å². The molecule has 3 nitrogen and oxygen atoms in total. The summed E-state index contributed by atoms with van der Waals surface area (Å²) >= 11 is 0. The second-order valence-corrected chi connectivity index (χ2v) is 7.52. The van der Waals surface area contributed by atoms with Crippen molar-refractivity contribution in [2.45, 2.75) is 65.3 Å². The van der Waals surface area contributed by atoms with Gasteiger partial charge in [0.15, 0.2) is 5.78 Å². The molecule has 0 saturated carbocycles. The van der Waals surface area contributed by atoms with Crippen LogP contribution in [0.25, 0.3) is 5.70 Å². The molecule has 0 aromatic heterocycles. The van der Waals surface area contributed by atoms with Crippen molar-refractivity contribution in [2.75, 3.05) is 12.4 Å². The molecule has 0 bridgehead atoms. The number of hydrogen-bond donors (Lipinski definition) is 2. The zero-order valence-electron chi connectivity index (χ0n) is 15.8. The Labute approximate surface area is 146 Å². The Bertz CT molecular complexity index is 616. The molecule has 1 aliphatic rings. The van der Waals surface area contributed by atoms with E-state index in [0.717, 1.165) is 49.1 Å². The van der Waals surface area contributed by atoms with Crippen molar-refractivity contribution < 1.29 is 4.79 Å². The van der Waals surface area contributed by atoms with Crippen molar-refractivity contribution in [3.05, 3.63) is 35.4 Å². The lowest BCUT2D eigenvalue weighted by molar-refractivity contribution is -0.118. The summed E-state index contributed by atoms with van der Waals surface area (Å²) in [5.74, 6) is 0.396. The van der Waals surface area contributed by atoms with Gasteiger partial charge in [-0.05, 0) is 50.8 Å². The van der Waals surface area contributed by atoms with Gasteiger partial charge < -0.3 is 10.6 Å². The average molecular weight is 329 g/mol. The lowest BCUT2D eigenvalue weighted by atomic mass is 9.84. The maximum Gasteiger partial charge on any atom is 0.160 e. The minimum Gasteiger partial charge on any atom is -0.388 e. The van der Waals surface area contributed by atoms with Crippen molar-refractivity contribution in [1.29, 1.82) is 0 Å². The zero-order valence-corrected chi connectivity index (χ0v) is 15.8. The van der Waals surface area contributed by atoms with E-state index in [9.17, 15) is 4.79 Å². The van der Waals surface area contributed by atoms with Gasteiger partial charge in [-0.15, -0.1) is 0 Å². The quantitative estimate of drug-likeness (QED) is 0.708. The number of benzene rings is 1. The number of fused-ring (bicyclic) bond motifs is 1. The van der Waals surface area contributed by atoms with Crippen LogP contribution in [-0.2, 0) is 11.2 Å². The summed E-state index contributed by atoms with van der Waals surface area (Å²) in [5.41, 5.74) is 4.47. The van der Waals surface area contributed by atoms with Crippen molar-refractivity contribution in [3.8, 4) is 0 Å². The van der Waals surface area contributed by atoms with E-state index >= 15 is 0 Å². The summed E-state index contributed by atoms with van der Waals surface area (Å²) in [6.45, 7) is 8.67. The van der Waals surface area contributed by atoms with Crippen LogP contribution in [0.1, 0.15) is 64.5 Å². The van der Waals surface area contributed by atoms with Crippen LogP contribution < -0.4 is 10.6 Å². The van der Waals surface area contributed by atoms with Crippen LogP contribution in [0.15, 0.2) is 24.3 Å². The Balaban J connectivity index is 2.36. The fourth-order valence-corrected chi connectivity index (χ4v) is 3.46. The van der Waals surface area contributed by atoms with Crippen LogP contribution >= 0.6 is 0 Å². The van der Waals surface area contributed by atoms with Crippen LogP contribution in [0.5, 0.6) is 0 Å². The highest BCUT2D eigenvalue weighted by atomic mass is 16.1. The highest BCUT2D eigenvalue weighted by molar-refractivity contribution is 5.98. The first-order valence-electron chi connectivity index (χ1n) is 9.25. The normalized spacial score (nSPS) is 18.6. The molecule has 1 aromatic rings. The second-order valence-electron chi connectivity index (χ2n) is 7.52. The molecule has 0 aliphatic carbocycles. The number of hydrogen-bond acceptors (Lipinski definition) is 3. The number of nitrogens with one attached hydrogen (secondary N) is 2. The van der Waals surface area contributed by atoms with Gasteiger partial charge in [0.05, 0.1) is 0 Å². The third-order valence-electron chi connectivity index (χ3n) is 4.88. The molecule has 2 N–H and O–H groups in total. The number of carbonyl (C=O) groups excluding carboxylic acids is 1. The predicted molar refractivity (Wildman–Crippen MR) is 103 cm³/mol. The van der Waals surface area contributed by atoms with Crippen LogP contribution in [0.4, 0.5) is 5.69 Å². The molecule has 0 spiro atoms. The van der Waals surface area contributed by atoms with Gasteiger partial charge in [-0.1, -0.05) is 32.8 Å². The molecule has 1 atom stereocenters. The maximum atomic E-state index is 12.8. The highest BCUT2D eigenvalue weighted by Crippen LogP contribution is 2.32. The Kier molecular flexibility index (Phi) is 6.09. The SMILES string of the molecule is CCCCC(CC)C(=O)/C=C1\NC(C)(C)Cc2ccc(NC)cc21. The topological polar surface area (TPSA) is 41.1 Å². The van der Waals surface area contributed by atoms with Gasteiger partial charge >= 0.3 is 0 Å². The van der Waals surface area contributed by atoms with Crippen LogP contribution in [-0.4, -0.2) is 18.4 Å². The first kappa shape index (κ1) is 18.6. The second kappa shape index (κ2) is 7.87. The first-order chi connectivity index (χ1) is 11.4. The Hall–Kier alpha value is -1.77. The number of anilines is 1. The highest BCUT2D eigenvalue weighted by Gasteiger charge is 2.28. The van der Waals surface area contributed by atoms with Gasteiger partial charge in [0.2, 0.25) is 0 Å². The van der Waals surface area contributed by atoms with Crippen molar-refractivity contribution >= 4 is 17.2 Å². The van der Waals surface area contributed by atoms with Gasteiger partial charge in [-0.3, -0.25) is 4.79 Å². The molecule has 0 fully saturated rings. The average Bonchev–Trinajstić information content (AvgIpc) is 2.54. The molecule has 24 heavy (non-hydrogen) atoms. The van der Waals surface area contributed by atoms with Gasteiger partial charge in [-0.25, -0.2) is 0 Å². The number of unbranched alkanes of at least 4 members (excludes halogenated alkanes) is 1. The van der Waals surface area contributed by atoms with Crippen LogP contribution in [0.2, 0.25) is 0 Å². The van der Waals surface area contributed by atoms with Crippen molar-refractivity contribution in [3.63, 3.8) is 0 Å². The van der Waals surface area contributed by atoms with Crippen LogP contribution in [0, 0.1) is 5.92 Å². The Morgan fingerprint density at radius 1 is 1.38 bits per heavy atom. The molecule has 1 aliphatic heterocycles. The van der Waals surface area contributed by atoms with E-state index in [0.29, 0.717) is 0 Å². The van der Waals surface area contributed by atoms with Gasteiger partial charge in [-0.2, -0.15) is 0 Å². The molecule has 132 valence electrons. The van der Waals surface area contributed by atoms with Gasteiger partial charge in [0, 0.05) is 41.5 Å².